The molecule has 4 aromatic carbocycles. The molecule has 9 heteroatoms. The van der Waals surface area contributed by atoms with Crippen molar-refractivity contribution in [2.75, 3.05) is 18.0 Å². The van der Waals surface area contributed by atoms with Crippen LogP contribution in [0.4, 0.5) is 24.5 Å². The number of carbonyl (C=O) groups is 1. The van der Waals surface area contributed by atoms with Gasteiger partial charge in [0.15, 0.2) is 0 Å². The number of carboxylic acid groups (broad SMARTS) is 1. The molecule has 0 radical (unpaired) electrons. The average Bonchev–Trinajstić information content (AvgIpc) is 2.91. The number of hydrogen-bond acceptors (Lipinski definition) is 4. The second kappa shape index (κ2) is 11.6. The molecule has 1 unspecified atom stereocenters. The minimum atomic E-state index is -4.76. The van der Waals surface area contributed by atoms with Gasteiger partial charge in [-0.1, -0.05) is 54.6 Å². The van der Waals surface area contributed by atoms with Crippen LogP contribution in [0.15, 0.2) is 84.9 Å². The van der Waals surface area contributed by atoms with Crippen LogP contribution in [0.5, 0.6) is 5.75 Å². The van der Waals surface area contributed by atoms with Gasteiger partial charge in [-0.15, -0.1) is 12.4 Å². The SMILES string of the molecule is C[C@@H](NCCC1CN(c2ccc(C(F)(F)F)c(C(=O)O)c2)c2ccccc2O1)c1cccc2ccccc12.Cl. The summed E-state index contributed by atoms with van der Waals surface area (Å²) in [5.41, 5.74) is 0.301. The van der Waals surface area contributed by atoms with Crippen molar-refractivity contribution in [3.8, 4) is 5.75 Å². The van der Waals surface area contributed by atoms with E-state index >= 15 is 0 Å². The minimum absolute atomic E-state index is 0. The van der Waals surface area contributed by atoms with E-state index in [0.717, 1.165) is 12.1 Å². The number of benzene rings is 4. The van der Waals surface area contributed by atoms with E-state index in [0.29, 0.717) is 36.6 Å². The van der Waals surface area contributed by atoms with Crippen LogP contribution in [-0.4, -0.2) is 30.3 Å². The Hall–Kier alpha value is -3.75. The summed E-state index contributed by atoms with van der Waals surface area (Å²) in [7, 11) is 0. The second-order valence-electron chi connectivity index (χ2n) is 9.38. The van der Waals surface area contributed by atoms with E-state index < -0.39 is 23.3 Å². The summed E-state index contributed by atoms with van der Waals surface area (Å²) in [5, 5.41) is 15.4. The zero-order chi connectivity index (χ0) is 26.9. The Morgan fingerprint density at radius 1 is 1.05 bits per heavy atom. The van der Waals surface area contributed by atoms with E-state index in [4.69, 9.17) is 4.74 Å². The predicted molar refractivity (Wildman–Crippen MR) is 148 cm³/mol. The largest absolute Gasteiger partial charge is 0.486 e. The first-order valence-corrected chi connectivity index (χ1v) is 12.4. The molecule has 204 valence electrons. The topological polar surface area (TPSA) is 61.8 Å². The highest BCUT2D eigenvalue weighted by atomic mass is 35.5. The maximum atomic E-state index is 13.4. The van der Waals surface area contributed by atoms with Gasteiger partial charge in [0, 0.05) is 11.7 Å². The molecule has 0 spiro atoms. The summed E-state index contributed by atoms with van der Waals surface area (Å²) in [5.74, 6) is -1.02. The van der Waals surface area contributed by atoms with Gasteiger partial charge in [-0.2, -0.15) is 13.2 Å². The maximum Gasteiger partial charge on any atom is 0.417 e. The number of halogens is 4. The molecule has 1 aliphatic heterocycles. The number of ether oxygens (including phenoxy) is 1. The van der Waals surface area contributed by atoms with Crippen molar-refractivity contribution in [3.63, 3.8) is 0 Å². The van der Waals surface area contributed by atoms with Crippen molar-refractivity contribution >= 4 is 40.5 Å². The summed E-state index contributed by atoms with van der Waals surface area (Å²) in [6.07, 6.45) is -4.37. The highest BCUT2D eigenvalue weighted by Gasteiger charge is 2.36. The molecule has 0 saturated carbocycles. The van der Waals surface area contributed by atoms with Gasteiger partial charge in [0.05, 0.1) is 23.4 Å². The fourth-order valence-corrected chi connectivity index (χ4v) is 5.02. The van der Waals surface area contributed by atoms with E-state index in [1.165, 1.54) is 22.4 Å². The van der Waals surface area contributed by atoms with Gasteiger partial charge in [-0.05, 0) is 66.6 Å². The third kappa shape index (κ3) is 5.97. The van der Waals surface area contributed by atoms with E-state index in [1.807, 2.05) is 47.4 Å². The lowest BCUT2D eigenvalue weighted by Gasteiger charge is -2.37. The number of carboxylic acids is 1. The Bertz CT molecular complexity index is 1470. The molecule has 0 aromatic heterocycles. The lowest BCUT2D eigenvalue weighted by Crippen LogP contribution is -2.39. The van der Waals surface area contributed by atoms with Crippen LogP contribution in [0.2, 0.25) is 0 Å². The molecular formula is C30H28ClF3N2O3. The molecule has 1 heterocycles. The maximum absolute atomic E-state index is 13.4. The Morgan fingerprint density at radius 2 is 1.77 bits per heavy atom. The van der Waals surface area contributed by atoms with Gasteiger partial charge in [0.2, 0.25) is 0 Å². The first-order valence-electron chi connectivity index (χ1n) is 12.4. The van der Waals surface area contributed by atoms with Gasteiger partial charge in [0.1, 0.15) is 11.9 Å². The minimum Gasteiger partial charge on any atom is -0.486 e. The summed E-state index contributed by atoms with van der Waals surface area (Å²) in [6.45, 7) is 3.13. The molecule has 0 saturated heterocycles. The molecule has 0 amide bonds. The number of anilines is 2. The third-order valence-electron chi connectivity index (χ3n) is 6.89. The van der Waals surface area contributed by atoms with Crippen LogP contribution in [0.25, 0.3) is 10.8 Å². The van der Waals surface area contributed by atoms with Crippen LogP contribution in [0, 0.1) is 0 Å². The van der Waals surface area contributed by atoms with Gasteiger partial charge in [-0.3, -0.25) is 0 Å². The Labute approximate surface area is 230 Å². The lowest BCUT2D eigenvalue weighted by atomic mass is 9.99. The lowest BCUT2D eigenvalue weighted by molar-refractivity contribution is -0.138. The number of alkyl halides is 3. The highest BCUT2D eigenvalue weighted by Crippen LogP contribution is 2.41. The summed E-state index contributed by atoms with van der Waals surface area (Å²) in [4.78, 5) is 13.5. The molecule has 2 atom stereocenters. The fourth-order valence-electron chi connectivity index (χ4n) is 5.02. The average molecular weight is 557 g/mol. The normalized spacial score (nSPS) is 15.7. The van der Waals surface area contributed by atoms with Crippen molar-refractivity contribution in [3.05, 3.63) is 102 Å². The molecular weight excluding hydrogens is 529 g/mol. The van der Waals surface area contributed by atoms with Gasteiger partial charge in [-0.25, -0.2) is 4.79 Å². The molecule has 39 heavy (non-hydrogen) atoms. The number of fused-ring (bicyclic) bond motifs is 2. The molecule has 2 N–H and O–H groups in total. The number of aromatic carboxylic acids is 1. The molecule has 5 nitrogen and oxygen atoms in total. The Kier molecular flexibility index (Phi) is 8.37. The summed E-state index contributed by atoms with van der Waals surface area (Å²) >= 11 is 0. The van der Waals surface area contributed by atoms with Crippen molar-refractivity contribution < 1.29 is 27.8 Å². The van der Waals surface area contributed by atoms with Crippen molar-refractivity contribution in [1.82, 2.24) is 5.32 Å². The van der Waals surface area contributed by atoms with Crippen LogP contribution in [-0.2, 0) is 6.18 Å². The van der Waals surface area contributed by atoms with E-state index in [9.17, 15) is 23.1 Å². The monoisotopic (exact) mass is 556 g/mol. The van der Waals surface area contributed by atoms with Crippen LogP contribution >= 0.6 is 12.4 Å². The molecule has 5 rings (SSSR count). The second-order valence-corrected chi connectivity index (χ2v) is 9.38. The highest BCUT2D eigenvalue weighted by molar-refractivity contribution is 5.91. The first-order chi connectivity index (χ1) is 18.2. The molecule has 0 aliphatic carbocycles. The zero-order valence-corrected chi connectivity index (χ0v) is 21.9. The molecule has 0 bridgehead atoms. The van der Waals surface area contributed by atoms with Crippen LogP contribution in [0.1, 0.15) is 40.9 Å². The number of nitrogens with zero attached hydrogens (tertiary/aromatic N) is 1. The van der Waals surface area contributed by atoms with Crippen LogP contribution in [0.3, 0.4) is 0 Å². The molecule has 1 aliphatic rings. The quantitative estimate of drug-likeness (QED) is 0.245. The number of rotatable bonds is 7. The van der Waals surface area contributed by atoms with E-state index in [-0.39, 0.29) is 24.6 Å². The number of para-hydroxylation sites is 2. The molecule has 0 fully saturated rings. The third-order valence-corrected chi connectivity index (χ3v) is 6.89. The Morgan fingerprint density at radius 3 is 2.54 bits per heavy atom. The van der Waals surface area contributed by atoms with E-state index in [2.05, 4.69) is 36.5 Å². The van der Waals surface area contributed by atoms with Crippen LogP contribution < -0.4 is 15.0 Å². The van der Waals surface area contributed by atoms with Gasteiger partial charge >= 0.3 is 12.1 Å². The smallest absolute Gasteiger partial charge is 0.417 e. The number of hydrogen-bond donors (Lipinski definition) is 2. The van der Waals surface area contributed by atoms with Gasteiger partial charge < -0.3 is 20.1 Å². The van der Waals surface area contributed by atoms with E-state index in [1.54, 1.807) is 0 Å². The van der Waals surface area contributed by atoms with Crippen molar-refractivity contribution in [2.45, 2.75) is 31.7 Å². The summed E-state index contributed by atoms with van der Waals surface area (Å²) < 4.78 is 46.4. The standard InChI is InChI=1S/C30H27F3N2O3.ClH/c1-19(23-10-6-8-20-7-2-3-9-24(20)23)34-16-15-22-18-35(27-11-4-5-12-28(27)38-22)21-13-14-26(30(31,32)33)25(17-21)29(36)37;/h2-14,17,19,22,34H,15-16,18H2,1H3,(H,36,37);1H/t19-,22?;/m1./s1. The zero-order valence-electron chi connectivity index (χ0n) is 21.1. The summed E-state index contributed by atoms with van der Waals surface area (Å²) in [6, 6.07) is 25.1. The fraction of sp³-hybridized carbons (Fsp3) is 0.233. The molecule has 4 aromatic rings. The van der Waals surface area contributed by atoms with Crippen molar-refractivity contribution in [1.29, 1.82) is 0 Å². The first kappa shape index (κ1) is 28.3. The predicted octanol–water partition coefficient (Wildman–Crippen LogP) is 7.62. The van der Waals surface area contributed by atoms with Gasteiger partial charge in [0.25, 0.3) is 0 Å². The Balaban J connectivity index is 0.00000353. The number of nitrogens with one attached hydrogen (secondary N) is 1. The van der Waals surface area contributed by atoms with Crippen molar-refractivity contribution in [2.24, 2.45) is 0 Å².